The highest BCUT2D eigenvalue weighted by Gasteiger charge is 2.23. The van der Waals surface area contributed by atoms with Crippen LogP contribution >= 0.6 is 0 Å². The van der Waals surface area contributed by atoms with Gasteiger partial charge in [0, 0.05) is 6.54 Å². The van der Waals surface area contributed by atoms with E-state index in [0.717, 1.165) is 33.5 Å². The maximum absolute atomic E-state index is 13.3. The zero-order chi connectivity index (χ0) is 23.5. The first-order valence-corrected chi connectivity index (χ1v) is 12.6. The molecule has 34 heavy (non-hydrogen) atoms. The lowest BCUT2D eigenvalue weighted by Crippen LogP contribution is -2.29. The fraction of sp³-hybridized carbons (Fsp3) is 0.107. The summed E-state index contributed by atoms with van der Waals surface area (Å²) >= 11 is 0. The van der Waals surface area contributed by atoms with Crippen LogP contribution in [0.4, 0.5) is 0 Å². The average Bonchev–Trinajstić information content (AvgIpc) is 3.19. The SMILES string of the molecule is Cc1nc2ccccc2n1Cc1ccc(S(=O)(=O)NC(c2ccccc2)c2ccccc2)cc1. The lowest BCUT2D eigenvalue weighted by atomic mass is 10.00. The Balaban J connectivity index is 1.41. The van der Waals surface area contributed by atoms with E-state index >= 15 is 0 Å². The Morgan fingerprint density at radius 3 is 1.94 bits per heavy atom. The zero-order valence-electron chi connectivity index (χ0n) is 18.8. The van der Waals surface area contributed by atoms with E-state index in [2.05, 4.69) is 14.3 Å². The van der Waals surface area contributed by atoms with Crippen molar-refractivity contribution >= 4 is 21.1 Å². The van der Waals surface area contributed by atoms with E-state index in [0.29, 0.717) is 6.54 Å². The molecule has 5 rings (SSSR count). The Bertz CT molecular complexity index is 1470. The molecule has 1 heterocycles. The standard InChI is InChI=1S/C28H25N3O2S/c1-21-29-26-14-8-9-15-27(26)31(21)20-22-16-18-25(19-17-22)34(32,33)30-28(23-10-4-2-5-11-23)24-12-6-3-7-13-24/h2-19,28,30H,20H2,1H3. The number of aryl methyl sites for hydroxylation is 1. The second kappa shape index (κ2) is 9.25. The molecule has 1 N–H and O–H groups in total. The van der Waals surface area contributed by atoms with Gasteiger partial charge in [0.1, 0.15) is 5.82 Å². The van der Waals surface area contributed by atoms with Gasteiger partial charge in [-0.2, -0.15) is 4.72 Å². The maximum Gasteiger partial charge on any atom is 0.241 e. The van der Waals surface area contributed by atoms with Gasteiger partial charge in [0.2, 0.25) is 10.0 Å². The first-order chi connectivity index (χ1) is 16.5. The number of aromatic nitrogens is 2. The number of nitrogens with zero attached hydrogens (tertiary/aromatic N) is 2. The second-order valence-corrected chi connectivity index (χ2v) is 9.97. The Morgan fingerprint density at radius 1 is 0.765 bits per heavy atom. The zero-order valence-corrected chi connectivity index (χ0v) is 19.6. The van der Waals surface area contributed by atoms with Gasteiger partial charge in [-0.25, -0.2) is 13.4 Å². The number of rotatable bonds is 7. The quantitative estimate of drug-likeness (QED) is 0.346. The summed E-state index contributed by atoms with van der Waals surface area (Å²) in [6, 6.07) is 33.8. The molecule has 0 radical (unpaired) electrons. The summed E-state index contributed by atoms with van der Waals surface area (Å²) in [4.78, 5) is 4.85. The summed E-state index contributed by atoms with van der Waals surface area (Å²) in [6.07, 6.45) is 0. The fourth-order valence-electron chi connectivity index (χ4n) is 4.19. The van der Waals surface area contributed by atoms with Crippen molar-refractivity contribution in [3.05, 3.63) is 132 Å². The molecule has 0 aliphatic heterocycles. The van der Waals surface area contributed by atoms with Gasteiger partial charge in [0.15, 0.2) is 0 Å². The van der Waals surface area contributed by atoms with Gasteiger partial charge in [-0.05, 0) is 47.9 Å². The number of fused-ring (bicyclic) bond motifs is 1. The molecule has 0 saturated carbocycles. The monoisotopic (exact) mass is 467 g/mol. The lowest BCUT2D eigenvalue weighted by Gasteiger charge is -2.20. The average molecular weight is 468 g/mol. The maximum atomic E-state index is 13.3. The Labute approximate surface area is 199 Å². The van der Waals surface area contributed by atoms with Crippen LogP contribution in [0.2, 0.25) is 0 Å². The number of sulfonamides is 1. The largest absolute Gasteiger partial charge is 0.324 e. The molecular formula is C28H25N3O2S. The summed E-state index contributed by atoms with van der Waals surface area (Å²) in [5.74, 6) is 0.924. The minimum atomic E-state index is -3.75. The summed E-state index contributed by atoms with van der Waals surface area (Å²) < 4.78 is 31.7. The van der Waals surface area contributed by atoms with Crippen LogP contribution in [-0.2, 0) is 16.6 Å². The predicted octanol–water partition coefficient (Wildman–Crippen LogP) is 5.46. The van der Waals surface area contributed by atoms with Gasteiger partial charge < -0.3 is 4.57 Å². The number of hydrogen-bond donors (Lipinski definition) is 1. The first kappa shape index (κ1) is 22.1. The van der Waals surface area contributed by atoms with Crippen LogP contribution in [0.5, 0.6) is 0 Å². The molecule has 170 valence electrons. The number of benzene rings is 4. The highest BCUT2D eigenvalue weighted by Crippen LogP contribution is 2.25. The molecule has 0 aliphatic carbocycles. The van der Waals surface area contributed by atoms with Gasteiger partial charge in [-0.3, -0.25) is 0 Å². The molecule has 0 spiro atoms. The van der Waals surface area contributed by atoms with E-state index in [9.17, 15) is 8.42 Å². The third-order valence-electron chi connectivity index (χ3n) is 5.96. The van der Waals surface area contributed by atoms with E-state index in [1.165, 1.54) is 0 Å². The van der Waals surface area contributed by atoms with Crippen molar-refractivity contribution in [1.82, 2.24) is 14.3 Å². The molecule has 6 heteroatoms. The molecule has 1 aromatic heterocycles. The Morgan fingerprint density at radius 2 is 1.32 bits per heavy atom. The van der Waals surface area contributed by atoms with Crippen molar-refractivity contribution in [3.8, 4) is 0 Å². The lowest BCUT2D eigenvalue weighted by molar-refractivity contribution is 0.572. The summed E-state index contributed by atoms with van der Waals surface area (Å²) in [6.45, 7) is 2.60. The van der Waals surface area contributed by atoms with Crippen LogP contribution in [0.15, 0.2) is 114 Å². The number of hydrogen-bond acceptors (Lipinski definition) is 3. The van der Waals surface area contributed by atoms with Crippen LogP contribution in [-0.4, -0.2) is 18.0 Å². The molecule has 0 saturated heterocycles. The summed E-state index contributed by atoms with van der Waals surface area (Å²) in [7, 11) is -3.75. The second-order valence-electron chi connectivity index (χ2n) is 8.25. The Kier molecular flexibility index (Phi) is 6.01. The van der Waals surface area contributed by atoms with Crippen LogP contribution < -0.4 is 4.72 Å². The molecular weight excluding hydrogens is 442 g/mol. The third-order valence-corrected chi connectivity index (χ3v) is 7.40. The summed E-state index contributed by atoms with van der Waals surface area (Å²) in [5, 5.41) is 0. The molecule has 5 nitrogen and oxygen atoms in total. The number of nitrogens with one attached hydrogen (secondary N) is 1. The van der Waals surface area contributed by atoms with Crippen LogP contribution in [0.25, 0.3) is 11.0 Å². The molecule has 0 bridgehead atoms. The van der Waals surface area contributed by atoms with Crippen molar-refractivity contribution < 1.29 is 8.42 Å². The minimum absolute atomic E-state index is 0.236. The number of imidazole rings is 1. The molecule has 0 unspecified atom stereocenters. The molecule has 5 aromatic rings. The molecule has 0 amide bonds. The van der Waals surface area contributed by atoms with Crippen molar-refractivity contribution in [2.24, 2.45) is 0 Å². The van der Waals surface area contributed by atoms with Gasteiger partial charge in [0.05, 0.1) is 22.0 Å². The smallest absolute Gasteiger partial charge is 0.241 e. The van der Waals surface area contributed by atoms with Crippen molar-refractivity contribution in [1.29, 1.82) is 0 Å². The van der Waals surface area contributed by atoms with Crippen molar-refractivity contribution in [3.63, 3.8) is 0 Å². The minimum Gasteiger partial charge on any atom is -0.324 e. The van der Waals surface area contributed by atoms with Gasteiger partial charge in [0.25, 0.3) is 0 Å². The van der Waals surface area contributed by atoms with Crippen LogP contribution in [0.3, 0.4) is 0 Å². The third kappa shape index (κ3) is 4.51. The highest BCUT2D eigenvalue weighted by atomic mass is 32.2. The Hall–Kier alpha value is -3.74. The van der Waals surface area contributed by atoms with Crippen LogP contribution in [0, 0.1) is 6.92 Å². The van der Waals surface area contributed by atoms with E-state index in [1.807, 2.05) is 104 Å². The van der Waals surface area contributed by atoms with Gasteiger partial charge >= 0.3 is 0 Å². The van der Waals surface area contributed by atoms with E-state index in [-0.39, 0.29) is 4.90 Å². The fourth-order valence-corrected chi connectivity index (χ4v) is 5.41. The molecule has 0 atom stereocenters. The molecule has 0 aliphatic rings. The van der Waals surface area contributed by atoms with Gasteiger partial charge in [-0.1, -0.05) is 84.9 Å². The summed E-state index contributed by atoms with van der Waals surface area (Å²) in [5.41, 5.74) is 4.80. The van der Waals surface area contributed by atoms with E-state index in [4.69, 9.17) is 0 Å². The normalized spacial score (nSPS) is 11.8. The van der Waals surface area contributed by atoms with E-state index in [1.54, 1.807) is 12.1 Å². The van der Waals surface area contributed by atoms with Crippen molar-refractivity contribution in [2.75, 3.05) is 0 Å². The topological polar surface area (TPSA) is 64.0 Å². The molecule has 4 aromatic carbocycles. The van der Waals surface area contributed by atoms with Gasteiger partial charge in [-0.15, -0.1) is 0 Å². The van der Waals surface area contributed by atoms with Crippen LogP contribution in [0.1, 0.15) is 28.6 Å². The van der Waals surface area contributed by atoms with Crippen molar-refractivity contribution in [2.45, 2.75) is 24.4 Å². The van der Waals surface area contributed by atoms with E-state index < -0.39 is 16.1 Å². The predicted molar refractivity (Wildman–Crippen MR) is 135 cm³/mol. The molecule has 0 fully saturated rings. The highest BCUT2D eigenvalue weighted by molar-refractivity contribution is 7.89. The first-order valence-electron chi connectivity index (χ1n) is 11.1. The number of para-hydroxylation sites is 2.